The number of aryl methyl sites for hydroxylation is 1. The summed E-state index contributed by atoms with van der Waals surface area (Å²) in [6.07, 6.45) is 1.05. The highest BCUT2D eigenvalue weighted by molar-refractivity contribution is 5.94. The molecule has 0 aliphatic carbocycles. The van der Waals surface area contributed by atoms with Crippen LogP contribution in [0.15, 0.2) is 48.5 Å². The van der Waals surface area contributed by atoms with E-state index in [1.165, 1.54) is 11.1 Å². The third-order valence-corrected chi connectivity index (χ3v) is 5.77. The minimum atomic E-state index is -0.223. The fraction of sp³-hybridized carbons (Fsp3) is 0.308. The molecular formula is C26H28N4O3. The van der Waals surface area contributed by atoms with Crippen molar-refractivity contribution >= 4 is 5.91 Å². The number of rotatable bonds is 6. The van der Waals surface area contributed by atoms with E-state index in [1.807, 2.05) is 18.2 Å². The molecule has 0 atom stereocenters. The van der Waals surface area contributed by atoms with Crippen molar-refractivity contribution in [1.29, 1.82) is 0 Å². The van der Waals surface area contributed by atoms with E-state index in [1.54, 1.807) is 32.0 Å². The Hall–Kier alpha value is -3.76. The predicted molar refractivity (Wildman–Crippen MR) is 127 cm³/mol. The molecule has 1 aliphatic rings. The topological polar surface area (TPSA) is 68.6 Å². The number of aromatic nitrogens is 2. The van der Waals surface area contributed by atoms with E-state index in [0.717, 1.165) is 25.1 Å². The Morgan fingerprint density at radius 2 is 1.91 bits per heavy atom. The van der Waals surface area contributed by atoms with E-state index >= 15 is 0 Å². The highest BCUT2D eigenvalue weighted by Crippen LogP contribution is 2.32. The van der Waals surface area contributed by atoms with Crippen LogP contribution in [0.25, 0.3) is 11.3 Å². The molecule has 4 rings (SSSR count). The van der Waals surface area contributed by atoms with Gasteiger partial charge in [-0.25, -0.2) is 0 Å². The van der Waals surface area contributed by atoms with E-state index < -0.39 is 0 Å². The molecule has 0 unspecified atom stereocenters. The van der Waals surface area contributed by atoms with Crippen molar-refractivity contribution in [3.05, 3.63) is 65.4 Å². The lowest BCUT2D eigenvalue weighted by molar-refractivity contribution is 0.0949. The molecule has 1 N–H and O–H groups in total. The number of carbonyl (C=O) groups is 1. The van der Waals surface area contributed by atoms with Crippen LogP contribution in [0.2, 0.25) is 0 Å². The Balaban J connectivity index is 1.35. The summed E-state index contributed by atoms with van der Waals surface area (Å²) in [4.78, 5) is 15.0. The van der Waals surface area contributed by atoms with Crippen LogP contribution in [0.4, 0.5) is 0 Å². The van der Waals surface area contributed by atoms with Crippen molar-refractivity contribution < 1.29 is 14.3 Å². The van der Waals surface area contributed by atoms with Crippen LogP contribution in [-0.4, -0.2) is 54.4 Å². The fourth-order valence-electron chi connectivity index (χ4n) is 3.96. The Morgan fingerprint density at radius 3 is 2.70 bits per heavy atom. The quantitative estimate of drug-likeness (QED) is 0.592. The maximum atomic E-state index is 12.7. The normalized spacial score (nSPS) is 12.9. The van der Waals surface area contributed by atoms with Gasteiger partial charge >= 0.3 is 0 Å². The van der Waals surface area contributed by atoms with E-state index in [9.17, 15) is 4.79 Å². The molecule has 0 spiro atoms. The Bertz CT molecular complexity index is 1210. The summed E-state index contributed by atoms with van der Waals surface area (Å²) in [7, 11) is 4.95. The SMILES string of the molecule is COc1ccc(OC)c(-c2cc(C(=O)NCC#CCN3CCc4ccccc4C3)n(C)n2)c1. The van der Waals surface area contributed by atoms with Gasteiger partial charge in [-0.2, -0.15) is 5.10 Å². The van der Waals surface area contributed by atoms with Crippen LogP contribution in [0.1, 0.15) is 21.6 Å². The van der Waals surface area contributed by atoms with E-state index in [-0.39, 0.29) is 12.5 Å². The molecule has 1 aromatic heterocycles. The highest BCUT2D eigenvalue weighted by Gasteiger charge is 2.17. The molecule has 2 aromatic carbocycles. The van der Waals surface area contributed by atoms with Gasteiger partial charge in [0.25, 0.3) is 5.91 Å². The molecule has 170 valence electrons. The maximum Gasteiger partial charge on any atom is 0.270 e. The first kappa shape index (κ1) is 22.4. The van der Waals surface area contributed by atoms with E-state index in [4.69, 9.17) is 9.47 Å². The molecule has 7 nitrogen and oxygen atoms in total. The Kier molecular flexibility index (Phi) is 6.96. The first-order valence-corrected chi connectivity index (χ1v) is 10.9. The molecule has 7 heteroatoms. The standard InChI is InChI=1S/C26H28N4O3/c1-29-24(17-23(28-29)22-16-21(32-2)10-11-25(22)33-3)26(31)27-13-6-7-14-30-15-12-19-8-4-5-9-20(19)18-30/h4-5,8-11,16-17H,12-15,18H2,1-3H3,(H,27,31). The number of hydrogen-bond acceptors (Lipinski definition) is 5. The largest absolute Gasteiger partial charge is 0.497 e. The molecule has 0 radical (unpaired) electrons. The minimum Gasteiger partial charge on any atom is -0.497 e. The summed E-state index contributed by atoms with van der Waals surface area (Å²) in [5, 5.41) is 7.35. The predicted octanol–water partition coefficient (Wildman–Crippen LogP) is 2.90. The Morgan fingerprint density at radius 1 is 1.09 bits per heavy atom. The van der Waals surface area contributed by atoms with Gasteiger partial charge in [-0.1, -0.05) is 36.1 Å². The zero-order valence-corrected chi connectivity index (χ0v) is 19.2. The number of benzene rings is 2. The summed E-state index contributed by atoms with van der Waals surface area (Å²) in [5.41, 5.74) is 4.64. The first-order valence-electron chi connectivity index (χ1n) is 10.9. The van der Waals surface area contributed by atoms with Crippen molar-refractivity contribution in [3.8, 4) is 34.6 Å². The van der Waals surface area contributed by atoms with Gasteiger partial charge in [-0.05, 0) is 41.8 Å². The van der Waals surface area contributed by atoms with Crippen LogP contribution in [-0.2, 0) is 20.0 Å². The lowest BCUT2D eigenvalue weighted by atomic mass is 10.0. The van der Waals surface area contributed by atoms with Crippen molar-refractivity contribution in [2.45, 2.75) is 13.0 Å². The van der Waals surface area contributed by atoms with Crippen molar-refractivity contribution in [2.75, 3.05) is 33.9 Å². The molecule has 1 amide bonds. The lowest BCUT2D eigenvalue weighted by Gasteiger charge is -2.26. The molecule has 0 saturated carbocycles. The van der Waals surface area contributed by atoms with E-state index in [0.29, 0.717) is 29.4 Å². The van der Waals surface area contributed by atoms with Crippen molar-refractivity contribution in [2.24, 2.45) is 7.05 Å². The number of nitrogens with zero attached hydrogens (tertiary/aromatic N) is 3. The monoisotopic (exact) mass is 444 g/mol. The number of ether oxygens (including phenoxy) is 2. The number of carbonyl (C=O) groups excluding carboxylic acids is 1. The van der Waals surface area contributed by atoms with Crippen molar-refractivity contribution in [1.82, 2.24) is 20.0 Å². The molecule has 33 heavy (non-hydrogen) atoms. The average molecular weight is 445 g/mol. The Labute approximate surface area is 194 Å². The van der Waals surface area contributed by atoms with Gasteiger partial charge in [0, 0.05) is 25.7 Å². The van der Waals surface area contributed by atoms with Gasteiger partial charge in [-0.15, -0.1) is 0 Å². The number of hydrogen-bond donors (Lipinski definition) is 1. The van der Waals surface area contributed by atoms with Crippen LogP contribution >= 0.6 is 0 Å². The van der Waals surface area contributed by atoms with Gasteiger partial charge in [0.05, 0.1) is 33.0 Å². The second-order valence-corrected chi connectivity index (χ2v) is 7.87. The number of methoxy groups -OCH3 is 2. The zero-order valence-electron chi connectivity index (χ0n) is 19.2. The molecule has 0 fully saturated rings. The molecule has 0 bridgehead atoms. The van der Waals surface area contributed by atoms with Crippen LogP contribution < -0.4 is 14.8 Å². The highest BCUT2D eigenvalue weighted by atomic mass is 16.5. The number of amides is 1. The van der Waals surface area contributed by atoms with Gasteiger partial charge in [0.1, 0.15) is 17.2 Å². The second-order valence-electron chi connectivity index (χ2n) is 7.87. The van der Waals surface area contributed by atoms with Gasteiger partial charge in [-0.3, -0.25) is 14.4 Å². The molecule has 3 aromatic rings. The lowest BCUT2D eigenvalue weighted by Crippen LogP contribution is -2.31. The van der Waals surface area contributed by atoms with Gasteiger partial charge in [0.15, 0.2) is 0 Å². The summed E-state index contributed by atoms with van der Waals surface area (Å²) in [6.45, 7) is 2.90. The number of nitrogens with one attached hydrogen (secondary N) is 1. The van der Waals surface area contributed by atoms with Crippen molar-refractivity contribution in [3.63, 3.8) is 0 Å². The van der Waals surface area contributed by atoms with Gasteiger partial charge < -0.3 is 14.8 Å². The summed E-state index contributed by atoms with van der Waals surface area (Å²) < 4.78 is 12.3. The van der Waals surface area contributed by atoms with Gasteiger partial charge in [0.2, 0.25) is 0 Å². The van der Waals surface area contributed by atoms with E-state index in [2.05, 4.69) is 51.4 Å². The van der Waals surface area contributed by atoms with Crippen LogP contribution in [0.3, 0.4) is 0 Å². The third kappa shape index (κ3) is 5.18. The first-order chi connectivity index (χ1) is 16.1. The molecule has 0 saturated heterocycles. The molecule has 2 heterocycles. The summed E-state index contributed by atoms with van der Waals surface area (Å²) >= 11 is 0. The fourth-order valence-corrected chi connectivity index (χ4v) is 3.96. The minimum absolute atomic E-state index is 0.223. The number of fused-ring (bicyclic) bond motifs is 1. The van der Waals surface area contributed by atoms with Crippen LogP contribution in [0, 0.1) is 11.8 Å². The summed E-state index contributed by atoms with van der Waals surface area (Å²) in [5.74, 6) is 7.36. The average Bonchev–Trinajstić information content (AvgIpc) is 3.24. The smallest absolute Gasteiger partial charge is 0.270 e. The second kappa shape index (κ2) is 10.2. The third-order valence-electron chi connectivity index (χ3n) is 5.77. The summed E-state index contributed by atoms with van der Waals surface area (Å²) in [6, 6.07) is 15.8. The maximum absolute atomic E-state index is 12.7. The van der Waals surface area contributed by atoms with Crippen LogP contribution in [0.5, 0.6) is 11.5 Å². The molecular weight excluding hydrogens is 416 g/mol. The molecule has 1 aliphatic heterocycles. The zero-order chi connectivity index (χ0) is 23.2.